The minimum absolute atomic E-state index is 0.622. The van der Waals surface area contributed by atoms with E-state index in [1.54, 1.807) is 0 Å². The summed E-state index contributed by atoms with van der Waals surface area (Å²) in [6.07, 6.45) is 1.37. The summed E-state index contributed by atoms with van der Waals surface area (Å²) < 4.78 is 0. The summed E-state index contributed by atoms with van der Waals surface area (Å²) >= 11 is 11.8. The maximum absolute atomic E-state index is 5.93. The molecule has 1 N–H and O–H groups in total. The van der Waals surface area contributed by atoms with Crippen LogP contribution in [0.1, 0.15) is 18.9 Å². The first-order chi connectivity index (χ1) is 7.16. The van der Waals surface area contributed by atoms with E-state index in [1.807, 2.05) is 18.2 Å². The monoisotopic (exact) mass is 243 g/mol. The highest BCUT2D eigenvalue weighted by Crippen LogP contribution is 2.36. The van der Waals surface area contributed by atoms with Gasteiger partial charge in [0.15, 0.2) is 0 Å². The largest absolute Gasteiger partial charge is 0.312 e. The Bertz CT molecular complexity index is 351. The van der Waals surface area contributed by atoms with Gasteiger partial charge in [0, 0.05) is 6.54 Å². The molecule has 0 saturated heterocycles. The van der Waals surface area contributed by atoms with Gasteiger partial charge in [-0.15, -0.1) is 0 Å². The molecule has 3 heteroatoms. The maximum atomic E-state index is 5.93. The topological polar surface area (TPSA) is 12.0 Å². The first-order valence-electron chi connectivity index (χ1n) is 5.31. The van der Waals surface area contributed by atoms with Crippen molar-refractivity contribution < 1.29 is 0 Å². The molecule has 1 nitrogen and oxygen atoms in total. The molecular formula is C12H15Cl2N. The Kier molecular flexibility index (Phi) is 3.55. The molecule has 2 rings (SSSR count). The van der Waals surface area contributed by atoms with E-state index in [9.17, 15) is 0 Å². The molecule has 0 aromatic heterocycles. The molecule has 2 atom stereocenters. The van der Waals surface area contributed by atoms with E-state index in [2.05, 4.69) is 12.2 Å². The summed E-state index contributed by atoms with van der Waals surface area (Å²) in [4.78, 5) is 0. The van der Waals surface area contributed by atoms with E-state index in [4.69, 9.17) is 23.2 Å². The summed E-state index contributed by atoms with van der Waals surface area (Å²) in [7, 11) is 0. The van der Waals surface area contributed by atoms with Gasteiger partial charge in [0.05, 0.1) is 10.0 Å². The number of rotatable bonds is 4. The van der Waals surface area contributed by atoms with Gasteiger partial charge in [0.1, 0.15) is 0 Å². The molecule has 0 amide bonds. The molecule has 0 bridgehead atoms. The summed E-state index contributed by atoms with van der Waals surface area (Å²) in [5.41, 5.74) is 1.19. The summed E-state index contributed by atoms with van der Waals surface area (Å²) in [6.45, 7) is 4.28. The molecule has 1 aromatic rings. The molecule has 2 unspecified atom stereocenters. The number of halogens is 2. The number of nitrogens with one attached hydrogen (secondary N) is 1. The second-order valence-corrected chi connectivity index (χ2v) is 5.17. The van der Waals surface area contributed by atoms with Crippen molar-refractivity contribution in [3.63, 3.8) is 0 Å². The van der Waals surface area contributed by atoms with Gasteiger partial charge in [-0.3, -0.25) is 0 Å². The Morgan fingerprint density at radius 3 is 2.67 bits per heavy atom. The molecule has 0 radical (unpaired) electrons. The lowest BCUT2D eigenvalue weighted by Crippen LogP contribution is -2.16. The van der Waals surface area contributed by atoms with Crippen LogP contribution in [0.5, 0.6) is 0 Å². The van der Waals surface area contributed by atoms with Crippen molar-refractivity contribution in [2.75, 3.05) is 6.54 Å². The second kappa shape index (κ2) is 4.73. The van der Waals surface area contributed by atoms with Crippen molar-refractivity contribution in [2.45, 2.75) is 19.9 Å². The lowest BCUT2D eigenvalue weighted by atomic mass is 10.2. The third kappa shape index (κ3) is 3.10. The van der Waals surface area contributed by atoms with Crippen LogP contribution in [0.4, 0.5) is 0 Å². The zero-order valence-electron chi connectivity index (χ0n) is 8.76. The fourth-order valence-electron chi connectivity index (χ4n) is 1.73. The summed E-state index contributed by atoms with van der Waals surface area (Å²) in [5.74, 6) is 1.79. The standard InChI is InChI=1S/C12H15Cl2N/c1-8-4-10(8)7-15-6-9-2-3-11(13)12(14)5-9/h2-3,5,8,10,15H,4,6-7H2,1H3. The molecule has 1 fully saturated rings. The van der Waals surface area contributed by atoms with Crippen molar-refractivity contribution in [3.05, 3.63) is 33.8 Å². The molecule has 1 aliphatic rings. The molecule has 0 aliphatic heterocycles. The van der Waals surface area contributed by atoms with Gasteiger partial charge in [-0.1, -0.05) is 36.2 Å². The number of hydrogen-bond acceptors (Lipinski definition) is 1. The Balaban J connectivity index is 1.80. The highest BCUT2D eigenvalue weighted by atomic mass is 35.5. The predicted octanol–water partition coefficient (Wildman–Crippen LogP) is 3.74. The van der Waals surface area contributed by atoms with Crippen LogP contribution in [0.15, 0.2) is 18.2 Å². The van der Waals surface area contributed by atoms with E-state index in [0.717, 1.165) is 24.9 Å². The lowest BCUT2D eigenvalue weighted by molar-refractivity contribution is 0.612. The highest BCUT2D eigenvalue weighted by Gasteiger charge is 2.31. The smallest absolute Gasteiger partial charge is 0.0595 e. The molecule has 0 spiro atoms. The zero-order valence-corrected chi connectivity index (χ0v) is 10.3. The van der Waals surface area contributed by atoms with Crippen molar-refractivity contribution in [1.82, 2.24) is 5.32 Å². The molecular weight excluding hydrogens is 229 g/mol. The Labute approximate surface area is 101 Å². The maximum Gasteiger partial charge on any atom is 0.0595 e. The predicted molar refractivity (Wildman–Crippen MR) is 65.4 cm³/mol. The van der Waals surface area contributed by atoms with Gasteiger partial charge in [-0.05, 0) is 42.5 Å². The quantitative estimate of drug-likeness (QED) is 0.850. The fraction of sp³-hybridized carbons (Fsp3) is 0.500. The molecule has 1 saturated carbocycles. The molecule has 1 aromatic carbocycles. The lowest BCUT2D eigenvalue weighted by Gasteiger charge is -2.05. The van der Waals surface area contributed by atoms with E-state index in [1.165, 1.54) is 12.0 Å². The van der Waals surface area contributed by atoms with E-state index < -0.39 is 0 Å². The minimum atomic E-state index is 0.622. The van der Waals surface area contributed by atoms with Crippen molar-refractivity contribution in [1.29, 1.82) is 0 Å². The van der Waals surface area contributed by atoms with Crippen LogP contribution in [0.2, 0.25) is 10.0 Å². The van der Waals surface area contributed by atoms with Crippen LogP contribution >= 0.6 is 23.2 Å². The zero-order chi connectivity index (χ0) is 10.8. The van der Waals surface area contributed by atoms with Gasteiger partial charge < -0.3 is 5.32 Å². The van der Waals surface area contributed by atoms with Crippen LogP contribution in [0, 0.1) is 11.8 Å². The van der Waals surface area contributed by atoms with E-state index >= 15 is 0 Å². The van der Waals surface area contributed by atoms with Crippen LogP contribution in [-0.2, 0) is 6.54 Å². The van der Waals surface area contributed by atoms with Crippen LogP contribution < -0.4 is 5.32 Å². The van der Waals surface area contributed by atoms with Gasteiger partial charge in [0.2, 0.25) is 0 Å². The van der Waals surface area contributed by atoms with Gasteiger partial charge in [-0.25, -0.2) is 0 Å². The highest BCUT2D eigenvalue weighted by molar-refractivity contribution is 6.42. The van der Waals surface area contributed by atoms with Crippen molar-refractivity contribution >= 4 is 23.2 Å². The average molecular weight is 244 g/mol. The normalized spacial score (nSPS) is 24.2. The first-order valence-corrected chi connectivity index (χ1v) is 6.07. The van der Waals surface area contributed by atoms with Gasteiger partial charge in [0.25, 0.3) is 0 Å². The summed E-state index contributed by atoms with van der Waals surface area (Å²) in [6, 6.07) is 5.78. The first kappa shape index (κ1) is 11.3. The van der Waals surface area contributed by atoms with E-state index in [-0.39, 0.29) is 0 Å². The molecule has 15 heavy (non-hydrogen) atoms. The van der Waals surface area contributed by atoms with Crippen LogP contribution in [0.25, 0.3) is 0 Å². The van der Waals surface area contributed by atoms with Crippen molar-refractivity contribution in [3.8, 4) is 0 Å². The number of hydrogen-bond donors (Lipinski definition) is 1. The molecule has 0 heterocycles. The minimum Gasteiger partial charge on any atom is -0.312 e. The second-order valence-electron chi connectivity index (χ2n) is 4.35. The van der Waals surface area contributed by atoms with Crippen molar-refractivity contribution in [2.24, 2.45) is 11.8 Å². The Morgan fingerprint density at radius 1 is 1.33 bits per heavy atom. The molecule has 1 aliphatic carbocycles. The third-order valence-electron chi connectivity index (χ3n) is 3.00. The van der Waals surface area contributed by atoms with Crippen LogP contribution in [0.3, 0.4) is 0 Å². The van der Waals surface area contributed by atoms with Gasteiger partial charge in [-0.2, -0.15) is 0 Å². The van der Waals surface area contributed by atoms with Gasteiger partial charge >= 0.3 is 0 Å². The van der Waals surface area contributed by atoms with E-state index in [0.29, 0.717) is 10.0 Å². The Hall–Kier alpha value is -0.240. The SMILES string of the molecule is CC1CC1CNCc1ccc(Cl)c(Cl)c1. The Morgan fingerprint density at radius 2 is 2.07 bits per heavy atom. The fourth-order valence-corrected chi connectivity index (χ4v) is 2.06. The number of benzene rings is 1. The van der Waals surface area contributed by atoms with Crippen LogP contribution in [-0.4, -0.2) is 6.54 Å². The average Bonchev–Trinajstić information content (AvgIpc) is 2.88. The third-order valence-corrected chi connectivity index (χ3v) is 3.73. The summed E-state index contributed by atoms with van der Waals surface area (Å²) in [5, 5.41) is 4.70. The molecule has 82 valence electrons.